The first-order valence-electron chi connectivity index (χ1n) is 16.9. The second kappa shape index (κ2) is 11.4. The van der Waals surface area contributed by atoms with Crippen LogP contribution in [0.3, 0.4) is 0 Å². The van der Waals surface area contributed by atoms with Gasteiger partial charge < -0.3 is 0 Å². The topological polar surface area (TPSA) is 38.7 Å². The van der Waals surface area contributed by atoms with Crippen molar-refractivity contribution in [2.75, 3.05) is 0 Å². The van der Waals surface area contributed by atoms with Gasteiger partial charge in [-0.05, 0) is 24.3 Å². The maximum absolute atomic E-state index is 5.29. The van der Waals surface area contributed by atoms with Crippen molar-refractivity contribution in [3.63, 3.8) is 0 Å². The summed E-state index contributed by atoms with van der Waals surface area (Å²) in [5.74, 6) is 2.03. The Labute approximate surface area is 304 Å². The molecule has 0 aliphatic rings. The molecule has 0 fully saturated rings. The second-order valence-corrected chi connectivity index (χ2v) is 15.9. The number of aromatic nitrogens is 3. The molecule has 0 amide bonds. The van der Waals surface area contributed by atoms with E-state index in [1.165, 1.54) is 71.6 Å². The minimum absolute atomic E-state index is 0.669. The molecule has 4 heterocycles. The summed E-state index contributed by atoms with van der Waals surface area (Å²) in [4.78, 5) is 15.6. The molecule has 0 saturated heterocycles. The van der Waals surface area contributed by atoms with Crippen LogP contribution in [0.4, 0.5) is 0 Å². The van der Waals surface area contributed by atoms with Gasteiger partial charge in [0.05, 0.1) is 0 Å². The van der Waals surface area contributed by atoms with Crippen molar-refractivity contribution in [2.24, 2.45) is 0 Å². The SMILES string of the molecule is c1ccc(-c2nc(-c3cccc4c3sc3c(-c5cccc6c5sc5ccccc56)cccc34)nc(-c3cccc4sc5ccccc5c34)n2)cc1. The van der Waals surface area contributed by atoms with Crippen LogP contribution in [-0.4, -0.2) is 15.0 Å². The van der Waals surface area contributed by atoms with E-state index in [0.29, 0.717) is 17.5 Å². The molecule has 4 aromatic heterocycles. The Morgan fingerprint density at radius 1 is 0.294 bits per heavy atom. The molecule has 0 aliphatic heterocycles. The Morgan fingerprint density at radius 3 is 1.51 bits per heavy atom. The standard InChI is InChI=1S/C45H25N3S3/c1-2-12-26(13-3-1)43-46-44(34-21-11-25-38-39(34)33-15-5-7-24-37(33)49-38)48-45(47-43)35-22-10-20-32-31-19-9-18-30(41(31)51-42(32)35)29-17-8-16-28-27-14-4-6-23-36(27)50-40(28)29/h1-25H. The summed E-state index contributed by atoms with van der Waals surface area (Å²) < 4.78 is 7.58. The summed E-state index contributed by atoms with van der Waals surface area (Å²) in [7, 11) is 0. The van der Waals surface area contributed by atoms with E-state index in [2.05, 4.69) is 133 Å². The summed E-state index contributed by atoms with van der Waals surface area (Å²) in [6.07, 6.45) is 0. The van der Waals surface area contributed by atoms with Crippen molar-refractivity contribution in [2.45, 2.75) is 0 Å². The Kier molecular flexibility index (Phi) is 6.46. The van der Waals surface area contributed by atoms with Crippen LogP contribution in [0.15, 0.2) is 152 Å². The van der Waals surface area contributed by atoms with E-state index < -0.39 is 0 Å². The summed E-state index contributed by atoms with van der Waals surface area (Å²) in [6.45, 7) is 0. The summed E-state index contributed by atoms with van der Waals surface area (Å²) >= 11 is 5.52. The molecule has 0 radical (unpaired) electrons. The number of rotatable bonds is 4. The smallest absolute Gasteiger partial charge is 0.165 e. The first kappa shape index (κ1) is 29.0. The van der Waals surface area contributed by atoms with Crippen molar-refractivity contribution in [1.29, 1.82) is 0 Å². The highest BCUT2D eigenvalue weighted by molar-refractivity contribution is 7.28. The molecule has 0 N–H and O–H groups in total. The number of thiophene rings is 3. The zero-order valence-electron chi connectivity index (χ0n) is 27.0. The van der Waals surface area contributed by atoms with Crippen LogP contribution >= 0.6 is 34.0 Å². The predicted molar refractivity (Wildman–Crippen MR) is 220 cm³/mol. The van der Waals surface area contributed by atoms with Gasteiger partial charge in [-0.25, -0.2) is 15.0 Å². The van der Waals surface area contributed by atoms with E-state index in [-0.39, 0.29) is 0 Å². The van der Waals surface area contributed by atoms with Crippen LogP contribution in [0.5, 0.6) is 0 Å². The molecule has 0 unspecified atom stereocenters. The van der Waals surface area contributed by atoms with E-state index >= 15 is 0 Å². The highest BCUT2D eigenvalue weighted by atomic mass is 32.1. The molecular formula is C45H25N3S3. The molecule has 51 heavy (non-hydrogen) atoms. The molecule has 7 aromatic carbocycles. The number of hydrogen-bond donors (Lipinski definition) is 0. The van der Waals surface area contributed by atoms with Crippen LogP contribution in [0, 0.1) is 0 Å². The summed E-state index contributed by atoms with van der Waals surface area (Å²) in [5.41, 5.74) is 5.54. The monoisotopic (exact) mass is 703 g/mol. The van der Waals surface area contributed by atoms with Gasteiger partial charge in [0.25, 0.3) is 0 Å². The Bertz CT molecular complexity index is 3150. The molecule has 11 aromatic rings. The Hall–Kier alpha value is -5.79. The average molecular weight is 704 g/mol. The molecule has 0 saturated carbocycles. The van der Waals surface area contributed by atoms with Crippen LogP contribution in [0.2, 0.25) is 0 Å². The lowest BCUT2D eigenvalue weighted by Crippen LogP contribution is -2.00. The van der Waals surface area contributed by atoms with Crippen LogP contribution in [-0.2, 0) is 0 Å². The zero-order valence-corrected chi connectivity index (χ0v) is 29.4. The van der Waals surface area contributed by atoms with Crippen molar-refractivity contribution in [3.8, 4) is 45.3 Å². The van der Waals surface area contributed by atoms with E-state index in [1.807, 2.05) is 52.2 Å². The minimum atomic E-state index is 0.669. The lowest BCUT2D eigenvalue weighted by molar-refractivity contribution is 1.08. The van der Waals surface area contributed by atoms with Crippen LogP contribution in [0.1, 0.15) is 0 Å². The molecule has 0 atom stereocenters. The molecule has 6 heteroatoms. The molecule has 238 valence electrons. The van der Waals surface area contributed by atoms with Crippen LogP contribution in [0.25, 0.3) is 106 Å². The van der Waals surface area contributed by atoms with Gasteiger partial charge in [-0.1, -0.05) is 127 Å². The highest BCUT2D eigenvalue weighted by Crippen LogP contribution is 2.47. The third kappa shape index (κ3) is 4.51. The van der Waals surface area contributed by atoms with Gasteiger partial charge in [0, 0.05) is 88.3 Å². The largest absolute Gasteiger partial charge is 0.208 e. The van der Waals surface area contributed by atoms with Gasteiger partial charge in [-0.3, -0.25) is 0 Å². The first-order valence-corrected chi connectivity index (χ1v) is 19.3. The summed E-state index contributed by atoms with van der Waals surface area (Å²) in [6, 6.07) is 54.0. The molecular weight excluding hydrogens is 679 g/mol. The van der Waals surface area contributed by atoms with Crippen molar-refractivity contribution in [3.05, 3.63) is 152 Å². The lowest BCUT2D eigenvalue weighted by atomic mass is 10.00. The van der Waals surface area contributed by atoms with Crippen molar-refractivity contribution < 1.29 is 0 Å². The van der Waals surface area contributed by atoms with Crippen molar-refractivity contribution in [1.82, 2.24) is 15.0 Å². The second-order valence-electron chi connectivity index (χ2n) is 12.7. The highest BCUT2D eigenvalue weighted by Gasteiger charge is 2.20. The van der Waals surface area contributed by atoms with Crippen molar-refractivity contribution >= 4 is 94.5 Å². The molecule has 3 nitrogen and oxygen atoms in total. The van der Waals surface area contributed by atoms with Gasteiger partial charge in [0.1, 0.15) is 0 Å². The molecule has 11 rings (SSSR count). The fourth-order valence-electron chi connectivity index (χ4n) is 7.46. The maximum Gasteiger partial charge on any atom is 0.165 e. The van der Waals surface area contributed by atoms with Gasteiger partial charge in [-0.15, -0.1) is 34.0 Å². The number of benzene rings is 7. The van der Waals surface area contributed by atoms with Crippen LogP contribution < -0.4 is 0 Å². The number of fused-ring (bicyclic) bond motifs is 9. The quantitative estimate of drug-likeness (QED) is 0.183. The predicted octanol–water partition coefficient (Wildman–Crippen LogP) is 13.6. The Morgan fingerprint density at radius 2 is 0.765 bits per heavy atom. The zero-order chi connectivity index (χ0) is 33.5. The normalized spacial score (nSPS) is 11.9. The van der Waals surface area contributed by atoms with Gasteiger partial charge in [0.15, 0.2) is 17.5 Å². The van der Waals surface area contributed by atoms with Gasteiger partial charge in [0.2, 0.25) is 0 Å². The van der Waals surface area contributed by atoms with E-state index in [0.717, 1.165) is 16.7 Å². The minimum Gasteiger partial charge on any atom is -0.208 e. The molecule has 0 spiro atoms. The Balaban J connectivity index is 1.16. The number of hydrogen-bond acceptors (Lipinski definition) is 6. The fourth-order valence-corrected chi connectivity index (χ4v) is 11.2. The third-order valence-corrected chi connectivity index (χ3v) is 13.4. The summed E-state index contributed by atoms with van der Waals surface area (Å²) in [5, 5.41) is 7.51. The lowest BCUT2D eigenvalue weighted by Gasteiger charge is -2.10. The first-order chi connectivity index (χ1) is 25.3. The average Bonchev–Trinajstić information content (AvgIpc) is 3.89. The third-order valence-electron chi connectivity index (χ3n) is 9.77. The van der Waals surface area contributed by atoms with E-state index in [1.54, 1.807) is 0 Å². The van der Waals surface area contributed by atoms with E-state index in [4.69, 9.17) is 15.0 Å². The fraction of sp³-hybridized carbons (Fsp3) is 0. The number of nitrogens with zero attached hydrogens (tertiary/aromatic N) is 3. The molecule has 0 aliphatic carbocycles. The van der Waals surface area contributed by atoms with Gasteiger partial charge in [-0.2, -0.15) is 0 Å². The maximum atomic E-state index is 5.29. The molecule has 0 bridgehead atoms. The van der Waals surface area contributed by atoms with Gasteiger partial charge >= 0.3 is 0 Å². The van der Waals surface area contributed by atoms with E-state index in [9.17, 15) is 0 Å².